The maximum atomic E-state index is 14.6. The molecular formula is C43H64N2O6. The van der Waals surface area contributed by atoms with Crippen molar-refractivity contribution < 1.29 is 29.6 Å². The first-order valence-corrected chi connectivity index (χ1v) is 20.6. The summed E-state index contributed by atoms with van der Waals surface area (Å²) in [7, 11) is 0. The van der Waals surface area contributed by atoms with Crippen molar-refractivity contribution in [2.75, 3.05) is 13.2 Å². The number of Topliss-reactive ketones (excluding diaryl/α,β-unsaturated/α-hetero) is 1. The van der Waals surface area contributed by atoms with Gasteiger partial charge in [-0.3, -0.25) is 4.79 Å². The van der Waals surface area contributed by atoms with E-state index in [1.54, 1.807) is 0 Å². The molecule has 3 heterocycles. The minimum atomic E-state index is -1.10. The second-order valence-electron chi connectivity index (χ2n) is 20.4. The largest absolute Gasteiger partial charge is 0.393 e. The number of aliphatic hydroxyl groups excluding tert-OH is 1. The van der Waals surface area contributed by atoms with Crippen LogP contribution < -0.4 is 11.1 Å². The second-order valence-corrected chi connectivity index (χ2v) is 20.4. The van der Waals surface area contributed by atoms with Gasteiger partial charge in [0.1, 0.15) is 17.8 Å². The molecule has 8 nitrogen and oxygen atoms in total. The number of dihydropyridines is 1. The number of carbonyl (C=O) groups is 1. The minimum Gasteiger partial charge on any atom is -0.393 e. The van der Waals surface area contributed by atoms with Crippen LogP contribution in [0.5, 0.6) is 0 Å². The summed E-state index contributed by atoms with van der Waals surface area (Å²) >= 11 is 0. The topological polar surface area (TPSA) is 138 Å². The Kier molecular flexibility index (Phi) is 7.68. The van der Waals surface area contributed by atoms with Crippen LogP contribution in [0.15, 0.2) is 34.7 Å². The van der Waals surface area contributed by atoms with Crippen LogP contribution in [-0.2, 0) is 14.3 Å². The van der Waals surface area contributed by atoms with Crippen LogP contribution >= 0.6 is 0 Å². The van der Waals surface area contributed by atoms with Crippen LogP contribution in [0.1, 0.15) is 119 Å². The van der Waals surface area contributed by atoms with Crippen molar-refractivity contribution in [2.24, 2.45) is 63.4 Å². The maximum Gasteiger partial charge on any atom is 0.162 e. The molecule has 51 heavy (non-hydrogen) atoms. The first-order valence-electron chi connectivity index (χ1n) is 20.6. The zero-order chi connectivity index (χ0) is 36.1. The Morgan fingerprint density at radius 2 is 1.84 bits per heavy atom. The number of nitrogens with two attached hydrogens (primary N) is 1. The first kappa shape index (κ1) is 35.0. The third-order valence-corrected chi connectivity index (χ3v) is 17.7. The van der Waals surface area contributed by atoms with E-state index >= 15 is 0 Å². The summed E-state index contributed by atoms with van der Waals surface area (Å²) < 4.78 is 14.0. The SMILES string of the molecule is C[C@H]1CCO[C@]([C@H]2C[C@@H]3CCC4=C5[C@@H]6[C@H](CC[C@@H]7C[C@H](O)C[C@@H](C4=O)[C@]76C)C[C@@]2(C)[C@]53O)([C@H]2O[C@@H]2[C@](C)(O)C(C)(C)CCC2=CCNC(N)=C2)C1. The highest BCUT2D eigenvalue weighted by Crippen LogP contribution is 2.78. The lowest BCUT2D eigenvalue weighted by Crippen LogP contribution is -2.69. The molecule has 8 heteroatoms. The summed E-state index contributed by atoms with van der Waals surface area (Å²) in [4.78, 5) is 14.6. The summed E-state index contributed by atoms with van der Waals surface area (Å²) in [6.07, 6.45) is 13.4. The van der Waals surface area contributed by atoms with E-state index in [4.69, 9.17) is 15.2 Å². The van der Waals surface area contributed by atoms with Crippen LogP contribution in [-0.4, -0.2) is 69.4 Å². The number of ketones is 1. The predicted octanol–water partition coefficient (Wildman–Crippen LogP) is 5.70. The number of carbonyl (C=O) groups excluding carboxylic acids is 1. The van der Waals surface area contributed by atoms with Gasteiger partial charge in [-0.2, -0.15) is 0 Å². The van der Waals surface area contributed by atoms with E-state index in [1.807, 2.05) is 13.0 Å². The molecule has 0 aromatic carbocycles. The Balaban J connectivity index is 1.08. The van der Waals surface area contributed by atoms with Crippen molar-refractivity contribution in [3.05, 3.63) is 34.7 Å². The fourth-order valence-corrected chi connectivity index (χ4v) is 14.7. The number of epoxide rings is 1. The fraction of sp³-hybridized carbons (Fsp3) is 0.837. The van der Waals surface area contributed by atoms with Crippen molar-refractivity contribution in [3.63, 3.8) is 0 Å². The quantitative estimate of drug-likeness (QED) is 0.213. The molecular weight excluding hydrogens is 640 g/mol. The van der Waals surface area contributed by atoms with Gasteiger partial charge in [0, 0.05) is 24.5 Å². The van der Waals surface area contributed by atoms with Crippen LogP contribution in [0.3, 0.4) is 0 Å². The molecule has 9 rings (SSSR count). The molecule has 0 spiro atoms. The molecule has 9 aliphatic rings. The summed E-state index contributed by atoms with van der Waals surface area (Å²) in [5.41, 5.74) is 5.40. The Labute approximate surface area is 305 Å². The highest BCUT2D eigenvalue weighted by atomic mass is 16.6. The van der Waals surface area contributed by atoms with Crippen LogP contribution in [0.25, 0.3) is 0 Å². The van der Waals surface area contributed by atoms with E-state index in [0.717, 1.165) is 88.3 Å². The van der Waals surface area contributed by atoms with Gasteiger partial charge in [-0.1, -0.05) is 40.7 Å². The van der Waals surface area contributed by atoms with Gasteiger partial charge in [0.05, 0.1) is 23.1 Å². The highest BCUT2D eigenvalue weighted by molar-refractivity contribution is 6.00. The molecule has 0 aromatic rings. The number of rotatable bonds is 7. The molecule has 0 aromatic heterocycles. The minimum absolute atomic E-state index is 0.0454. The van der Waals surface area contributed by atoms with Crippen molar-refractivity contribution in [1.82, 2.24) is 5.32 Å². The molecule has 2 saturated heterocycles. The lowest BCUT2D eigenvalue weighted by atomic mass is 9.36. The van der Waals surface area contributed by atoms with Crippen molar-refractivity contribution in [1.29, 1.82) is 0 Å². The molecule has 0 unspecified atom stereocenters. The molecule has 6 N–H and O–H groups in total. The zero-order valence-electron chi connectivity index (χ0n) is 32.0. The summed E-state index contributed by atoms with van der Waals surface area (Å²) in [6, 6.07) is 0. The van der Waals surface area contributed by atoms with E-state index < -0.39 is 33.7 Å². The third-order valence-electron chi connectivity index (χ3n) is 17.7. The van der Waals surface area contributed by atoms with Crippen LogP contribution in [0.2, 0.25) is 0 Å². The number of allylic oxidation sites excluding steroid dienone is 3. The molecule has 6 aliphatic carbocycles. The normalized spacial score (nSPS) is 51.2. The molecule has 282 valence electrons. The van der Waals surface area contributed by atoms with Gasteiger partial charge in [0.25, 0.3) is 0 Å². The van der Waals surface area contributed by atoms with Gasteiger partial charge < -0.3 is 35.8 Å². The van der Waals surface area contributed by atoms with Crippen molar-refractivity contribution in [2.45, 2.75) is 154 Å². The lowest BCUT2D eigenvalue weighted by molar-refractivity contribution is -0.216. The van der Waals surface area contributed by atoms with Crippen molar-refractivity contribution in [3.8, 4) is 0 Å². The Bertz CT molecular complexity index is 1600. The fourth-order valence-electron chi connectivity index (χ4n) is 14.7. The number of nitrogens with one attached hydrogen (secondary N) is 1. The number of aliphatic hydroxyl groups is 3. The molecule has 0 amide bonds. The summed E-state index contributed by atoms with van der Waals surface area (Å²) in [5.74, 6) is 2.25. The van der Waals surface area contributed by atoms with Gasteiger partial charge >= 0.3 is 0 Å². The zero-order valence-corrected chi connectivity index (χ0v) is 32.0. The average molecular weight is 705 g/mol. The van der Waals surface area contributed by atoms with E-state index in [-0.39, 0.29) is 47.1 Å². The maximum absolute atomic E-state index is 14.6. The van der Waals surface area contributed by atoms with Gasteiger partial charge in [-0.15, -0.1) is 0 Å². The number of hydrogen-bond acceptors (Lipinski definition) is 8. The summed E-state index contributed by atoms with van der Waals surface area (Å²) in [6.45, 7) is 14.7. The van der Waals surface area contributed by atoms with E-state index in [0.29, 0.717) is 36.6 Å². The second kappa shape index (κ2) is 11.2. The lowest BCUT2D eigenvalue weighted by Gasteiger charge is -2.69. The highest BCUT2D eigenvalue weighted by Gasteiger charge is 2.79. The first-order chi connectivity index (χ1) is 24.0. The molecule has 6 fully saturated rings. The van der Waals surface area contributed by atoms with Gasteiger partial charge in [-0.25, -0.2) is 0 Å². The smallest absolute Gasteiger partial charge is 0.162 e. The summed E-state index contributed by atoms with van der Waals surface area (Å²) in [5, 5.41) is 40.3. The Morgan fingerprint density at radius 1 is 1.06 bits per heavy atom. The van der Waals surface area contributed by atoms with E-state index in [1.165, 1.54) is 5.57 Å². The average Bonchev–Trinajstić information content (AvgIpc) is 3.85. The van der Waals surface area contributed by atoms with E-state index in [9.17, 15) is 20.1 Å². The van der Waals surface area contributed by atoms with Crippen molar-refractivity contribution >= 4 is 5.78 Å². The Morgan fingerprint density at radius 3 is 2.59 bits per heavy atom. The number of ether oxygens (including phenoxy) is 2. The molecule has 15 atom stereocenters. The van der Waals surface area contributed by atoms with E-state index in [2.05, 4.69) is 46.0 Å². The van der Waals surface area contributed by atoms with Crippen LogP contribution in [0.4, 0.5) is 0 Å². The molecule has 0 bridgehead atoms. The number of hydrogen-bond donors (Lipinski definition) is 5. The molecule has 3 aliphatic heterocycles. The monoisotopic (exact) mass is 704 g/mol. The Hall–Kier alpha value is -1.71. The molecule has 4 saturated carbocycles. The van der Waals surface area contributed by atoms with Gasteiger partial charge in [-0.05, 0) is 153 Å². The van der Waals surface area contributed by atoms with Crippen LogP contribution in [0, 0.1) is 57.7 Å². The predicted molar refractivity (Wildman–Crippen MR) is 195 cm³/mol. The van der Waals surface area contributed by atoms with Gasteiger partial charge in [0.15, 0.2) is 5.78 Å². The standard InChI is InChI=1S/C43H64N2O6/c1-23-13-16-50-42(21-23,37-36(51-37)41(6,48)38(2,3)14-11-24-12-15-45-32(44)17-24)31-19-27-9-10-29-34-33-25(22-39(31,4)43(27,34)49)7-8-26-18-28(46)20-30(35(29)47)40(26,33)5/h12,17,23,25-28,30-31,33,36-37,45-46,48-49H,7-11,13-16,18-22,44H2,1-6H3/t23-,25+,26+,27-,28-,30-,31-,33-,36-,37-,39+,40-,41-,42+,43+/m0/s1. The third kappa shape index (κ3) is 4.52. The molecule has 0 radical (unpaired) electrons. The van der Waals surface area contributed by atoms with Gasteiger partial charge in [0.2, 0.25) is 0 Å².